The number of benzene rings is 2. The molecule has 4 heteroatoms. The van der Waals surface area contributed by atoms with Gasteiger partial charge >= 0.3 is 0 Å². The molecule has 2 aromatic rings. The lowest BCUT2D eigenvalue weighted by atomic mass is 10.1. The van der Waals surface area contributed by atoms with Gasteiger partial charge < -0.3 is 5.32 Å². The standard InChI is InChI=1S/C15H13Br2NO/c1-10-5-6-12(8-14(10)17)15(19)18-9-11-3-2-4-13(16)7-11/h2-8H,9H2,1H3,(H,18,19). The van der Waals surface area contributed by atoms with E-state index in [9.17, 15) is 4.79 Å². The van der Waals surface area contributed by atoms with Gasteiger partial charge in [-0.15, -0.1) is 0 Å². The maximum absolute atomic E-state index is 12.0. The van der Waals surface area contributed by atoms with E-state index in [0.29, 0.717) is 12.1 Å². The number of hydrogen-bond donors (Lipinski definition) is 1. The topological polar surface area (TPSA) is 29.1 Å². The molecule has 1 N–H and O–H groups in total. The smallest absolute Gasteiger partial charge is 0.251 e. The summed E-state index contributed by atoms with van der Waals surface area (Å²) < 4.78 is 1.96. The molecular weight excluding hydrogens is 370 g/mol. The molecule has 0 aromatic heterocycles. The summed E-state index contributed by atoms with van der Waals surface area (Å²) in [4.78, 5) is 12.0. The summed E-state index contributed by atoms with van der Waals surface area (Å²) in [5.41, 5.74) is 2.84. The Balaban J connectivity index is 2.03. The number of rotatable bonds is 3. The van der Waals surface area contributed by atoms with Crippen LogP contribution in [0.4, 0.5) is 0 Å². The molecule has 0 atom stereocenters. The third kappa shape index (κ3) is 3.91. The first-order chi connectivity index (χ1) is 9.06. The monoisotopic (exact) mass is 381 g/mol. The van der Waals surface area contributed by atoms with E-state index >= 15 is 0 Å². The van der Waals surface area contributed by atoms with Crippen LogP contribution in [-0.4, -0.2) is 5.91 Å². The van der Waals surface area contributed by atoms with E-state index in [0.717, 1.165) is 20.1 Å². The van der Waals surface area contributed by atoms with Crippen molar-refractivity contribution in [3.8, 4) is 0 Å². The van der Waals surface area contributed by atoms with E-state index in [1.54, 1.807) is 0 Å². The molecule has 0 aliphatic rings. The lowest BCUT2D eigenvalue weighted by Gasteiger charge is -2.07. The first kappa shape index (κ1) is 14.3. The highest BCUT2D eigenvalue weighted by Gasteiger charge is 2.06. The highest BCUT2D eigenvalue weighted by atomic mass is 79.9. The molecular formula is C15H13Br2NO. The van der Waals surface area contributed by atoms with Gasteiger partial charge in [-0.1, -0.05) is 50.1 Å². The minimum absolute atomic E-state index is 0.0688. The lowest BCUT2D eigenvalue weighted by Crippen LogP contribution is -2.22. The quantitative estimate of drug-likeness (QED) is 0.834. The van der Waals surface area contributed by atoms with Gasteiger partial charge in [0.1, 0.15) is 0 Å². The van der Waals surface area contributed by atoms with Crippen molar-refractivity contribution in [1.82, 2.24) is 5.32 Å². The van der Waals surface area contributed by atoms with Gasteiger partial charge in [0.2, 0.25) is 0 Å². The lowest BCUT2D eigenvalue weighted by molar-refractivity contribution is 0.0951. The number of amides is 1. The number of aryl methyl sites for hydroxylation is 1. The summed E-state index contributed by atoms with van der Waals surface area (Å²) >= 11 is 6.85. The van der Waals surface area contributed by atoms with E-state index in [2.05, 4.69) is 37.2 Å². The number of halogens is 2. The van der Waals surface area contributed by atoms with Crippen molar-refractivity contribution in [1.29, 1.82) is 0 Å². The van der Waals surface area contributed by atoms with Crippen LogP contribution in [0.2, 0.25) is 0 Å². The van der Waals surface area contributed by atoms with Gasteiger partial charge in [-0.25, -0.2) is 0 Å². The summed E-state index contributed by atoms with van der Waals surface area (Å²) in [6, 6.07) is 13.5. The SMILES string of the molecule is Cc1ccc(C(=O)NCc2cccc(Br)c2)cc1Br. The van der Waals surface area contributed by atoms with Crippen LogP contribution in [-0.2, 0) is 6.54 Å². The van der Waals surface area contributed by atoms with Crippen LogP contribution < -0.4 is 5.32 Å². The zero-order valence-electron chi connectivity index (χ0n) is 10.4. The molecule has 0 aliphatic heterocycles. The fraction of sp³-hybridized carbons (Fsp3) is 0.133. The predicted molar refractivity (Wildman–Crippen MR) is 84.2 cm³/mol. The fourth-order valence-corrected chi connectivity index (χ4v) is 2.49. The van der Waals surface area contributed by atoms with E-state index in [4.69, 9.17) is 0 Å². The second-order valence-corrected chi connectivity index (χ2v) is 6.05. The number of hydrogen-bond acceptors (Lipinski definition) is 1. The highest BCUT2D eigenvalue weighted by Crippen LogP contribution is 2.17. The van der Waals surface area contributed by atoms with Gasteiger partial charge in [0, 0.05) is 21.1 Å². The molecule has 0 fully saturated rings. The molecule has 2 rings (SSSR count). The summed E-state index contributed by atoms with van der Waals surface area (Å²) in [7, 11) is 0. The molecule has 0 saturated heterocycles. The Kier molecular flexibility index (Phi) is 4.77. The van der Waals surface area contributed by atoms with E-state index in [-0.39, 0.29) is 5.91 Å². The van der Waals surface area contributed by atoms with Crippen LogP contribution in [0.5, 0.6) is 0 Å². The summed E-state index contributed by atoms with van der Waals surface area (Å²) in [6.45, 7) is 2.51. The molecule has 0 aliphatic carbocycles. The Morgan fingerprint density at radius 1 is 1.16 bits per heavy atom. The van der Waals surface area contributed by atoms with Gasteiger partial charge in [-0.3, -0.25) is 4.79 Å². The van der Waals surface area contributed by atoms with Crippen LogP contribution >= 0.6 is 31.9 Å². The Hall–Kier alpha value is -1.13. The predicted octanol–water partition coefficient (Wildman–Crippen LogP) is 4.45. The summed E-state index contributed by atoms with van der Waals surface area (Å²) in [6.07, 6.45) is 0. The third-order valence-corrected chi connectivity index (χ3v) is 4.12. The Morgan fingerprint density at radius 2 is 1.95 bits per heavy atom. The van der Waals surface area contributed by atoms with Gasteiger partial charge in [-0.05, 0) is 42.3 Å². The summed E-state index contributed by atoms with van der Waals surface area (Å²) in [5, 5.41) is 2.91. The number of nitrogens with one attached hydrogen (secondary N) is 1. The molecule has 2 aromatic carbocycles. The van der Waals surface area contributed by atoms with E-state index < -0.39 is 0 Å². The normalized spacial score (nSPS) is 10.3. The largest absolute Gasteiger partial charge is 0.348 e. The summed E-state index contributed by atoms with van der Waals surface area (Å²) in [5.74, 6) is -0.0688. The molecule has 19 heavy (non-hydrogen) atoms. The van der Waals surface area contributed by atoms with Crippen molar-refractivity contribution in [3.63, 3.8) is 0 Å². The molecule has 1 amide bonds. The maximum Gasteiger partial charge on any atom is 0.251 e. The molecule has 0 spiro atoms. The van der Waals surface area contributed by atoms with Gasteiger partial charge in [0.05, 0.1) is 0 Å². The zero-order chi connectivity index (χ0) is 13.8. The Morgan fingerprint density at radius 3 is 2.63 bits per heavy atom. The minimum Gasteiger partial charge on any atom is -0.348 e. The van der Waals surface area contributed by atoms with Crippen molar-refractivity contribution >= 4 is 37.8 Å². The van der Waals surface area contributed by atoms with Gasteiger partial charge in [-0.2, -0.15) is 0 Å². The average molecular weight is 383 g/mol. The van der Waals surface area contributed by atoms with E-state index in [1.165, 1.54) is 0 Å². The van der Waals surface area contributed by atoms with Crippen LogP contribution in [0.25, 0.3) is 0 Å². The maximum atomic E-state index is 12.0. The fourth-order valence-electron chi connectivity index (χ4n) is 1.67. The molecule has 2 nitrogen and oxygen atoms in total. The van der Waals surface area contributed by atoms with Crippen LogP contribution in [0.3, 0.4) is 0 Å². The first-order valence-electron chi connectivity index (χ1n) is 5.85. The van der Waals surface area contributed by atoms with Crippen molar-refractivity contribution in [2.75, 3.05) is 0 Å². The number of carbonyl (C=O) groups is 1. The molecule has 98 valence electrons. The average Bonchev–Trinajstić information content (AvgIpc) is 2.39. The van der Waals surface area contributed by atoms with Crippen LogP contribution in [0.1, 0.15) is 21.5 Å². The minimum atomic E-state index is -0.0688. The molecule has 0 bridgehead atoms. The van der Waals surface area contributed by atoms with Crippen LogP contribution in [0.15, 0.2) is 51.4 Å². The molecule has 0 unspecified atom stereocenters. The van der Waals surface area contributed by atoms with Gasteiger partial charge in [0.25, 0.3) is 5.91 Å². The third-order valence-electron chi connectivity index (χ3n) is 2.78. The second-order valence-electron chi connectivity index (χ2n) is 4.28. The molecule has 0 saturated carbocycles. The van der Waals surface area contributed by atoms with Crippen molar-refractivity contribution in [2.45, 2.75) is 13.5 Å². The number of carbonyl (C=O) groups excluding carboxylic acids is 1. The molecule has 0 heterocycles. The van der Waals surface area contributed by atoms with Crippen molar-refractivity contribution in [2.24, 2.45) is 0 Å². The van der Waals surface area contributed by atoms with Crippen molar-refractivity contribution < 1.29 is 4.79 Å². The van der Waals surface area contributed by atoms with Gasteiger partial charge in [0.15, 0.2) is 0 Å². The van der Waals surface area contributed by atoms with E-state index in [1.807, 2.05) is 49.4 Å². The zero-order valence-corrected chi connectivity index (χ0v) is 13.6. The first-order valence-corrected chi connectivity index (χ1v) is 7.43. The molecule has 0 radical (unpaired) electrons. The van der Waals surface area contributed by atoms with Crippen LogP contribution in [0, 0.1) is 6.92 Å². The van der Waals surface area contributed by atoms with Crippen molar-refractivity contribution in [3.05, 3.63) is 68.1 Å². The Bertz CT molecular complexity index is 611. The highest BCUT2D eigenvalue weighted by molar-refractivity contribution is 9.10. The Labute approximate surface area is 129 Å². The second kappa shape index (κ2) is 6.35.